The Morgan fingerprint density at radius 3 is 2.35 bits per heavy atom. The number of H-pyrrole nitrogens is 1. The summed E-state index contributed by atoms with van der Waals surface area (Å²) < 4.78 is 5.33. The molecule has 2 N–H and O–H groups in total. The van der Waals surface area contributed by atoms with E-state index in [0.717, 1.165) is 22.0 Å². The summed E-state index contributed by atoms with van der Waals surface area (Å²) in [4.78, 5) is 41.4. The molecule has 0 radical (unpaired) electrons. The van der Waals surface area contributed by atoms with Crippen LogP contribution in [0.5, 0.6) is 0 Å². The highest BCUT2D eigenvalue weighted by atomic mass is 35.5. The summed E-state index contributed by atoms with van der Waals surface area (Å²) in [6, 6.07) is 20.1. The number of amides is 1. The maximum absolute atomic E-state index is 13.0. The largest absolute Gasteiger partial charge is 0.456 e. The average molecular weight is 475 g/mol. The third-order valence-corrected chi connectivity index (χ3v) is 5.77. The van der Waals surface area contributed by atoms with Crippen LogP contribution >= 0.6 is 11.6 Å². The monoisotopic (exact) mass is 474 g/mol. The van der Waals surface area contributed by atoms with E-state index in [1.54, 1.807) is 42.6 Å². The van der Waals surface area contributed by atoms with Crippen molar-refractivity contribution in [1.82, 2.24) is 10.3 Å². The number of halogens is 1. The van der Waals surface area contributed by atoms with Gasteiger partial charge in [-0.1, -0.05) is 59.6 Å². The van der Waals surface area contributed by atoms with Crippen LogP contribution < -0.4 is 5.32 Å². The number of nitrogens with one attached hydrogen (secondary N) is 2. The van der Waals surface area contributed by atoms with Crippen molar-refractivity contribution in [3.05, 3.63) is 106 Å². The summed E-state index contributed by atoms with van der Waals surface area (Å²) >= 11 is 5.91. The molecule has 0 spiro atoms. The molecule has 1 heterocycles. The van der Waals surface area contributed by atoms with Crippen molar-refractivity contribution in [2.45, 2.75) is 19.4 Å². The SMILES string of the molecule is Cc1ccc(C(=O)COC(=O)C(Cc2c[nH]c3ccccc23)NC(=O)c2ccc(Cl)cc2)cc1. The Labute approximate surface area is 201 Å². The summed E-state index contributed by atoms with van der Waals surface area (Å²) in [5.74, 6) is -1.44. The first kappa shape index (κ1) is 23.3. The summed E-state index contributed by atoms with van der Waals surface area (Å²) in [6.07, 6.45) is 2.00. The van der Waals surface area contributed by atoms with E-state index in [0.29, 0.717) is 16.1 Å². The minimum atomic E-state index is -0.992. The number of para-hydroxylation sites is 1. The minimum absolute atomic E-state index is 0.195. The molecule has 0 aliphatic heterocycles. The first-order valence-corrected chi connectivity index (χ1v) is 11.2. The van der Waals surface area contributed by atoms with Crippen LogP contribution in [-0.4, -0.2) is 35.3 Å². The van der Waals surface area contributed by atoms with E-state index in [9.17, 15) is 14.4 Å². The predicted octanol–water partition coefficient (Wildman–Crippen LogP) is 4.90. The average Bonchev–Trinajstić information content (AvgIpc) is 3.25. The number of Topliss-reactive ketones (excluding diaryl/α,β-unsaturated/α-hetero) is 1. The molecule has 0 fully saturated rings. The molecule has 7 heteroatoms. The van der Waals surface area contributed by atoms with Crippen LogP contribution in [0, 0.1) is 6.92 Å². The van der Waals surface area contributed by atoms with E-state index >= 15 is 0 Å². The quantitative estimate of drug-likeness (QED) is 0.281. The van der Waals surface area contributed by atoms with E-state index in [1.165, 1.54) is 0 Å². The van der Waals surface area contributed by atoms with E-state index < -0.39 is 24.5 Å². The Balaban J connectivity index is 1.51. The Kier molecular flexibility index (Phi) is 7.09. The molecule has 34 heavy (non-hydrogen) atoms. The molecule has 4 aromatic rings. The molecule has 172 valence electrons. The van der Waals surface area contributed by atoms with Gasteiger partial charge in [-0.25, -0.2) is 4.79 Å². The molecule has 6 nitrogen and oxygen atoms in total. The number of aromatic amines is 1. The first-order chi connectivity index (χ1) is 16.4. The lowest BCUT2D eigenvalue weighted by molar-refractivity contribution is -0.144. The second kappa shape index (κ2) is 10.4. The van der Waals surface area contributed by atoms with Crippen molar-refractivity contribution in [3.63, 3.8) is 0 Å². The van der Waals surface area contributed by atoms with Gasteiger partial charge in [0.05, 0.1) is 0 Å². The van der Waals surface area contributed by atoms with Gasteiger partial charge in [0.15, 0.2) is 12.4 Å². The van der Waals surface area contributed by atoms with Gasteiger partial charge < -0.3 is 15.0 Å². The molecule has 0 bridgehead atoms. The van der Waals surface area contributed by atoms with E-state index in [1.807, 2.05) is 43.3 Å². The highest BCUT2D eigenvalue weighted by molar-refractivity contribution is 6.30. The molecular formula is C27H23ClN2O4. The number of rotatable bonds is 8. The van der Waals surface area contributed by atoms with Crippen molar-refractivity contribution >= 4 is 40.2 Å². The van der Waals surface area contributed by atoms with Gasteiger partial charge >= 0.3 is 5.97 Å². The van der Waals surface area contributed by atoms with Gasteiger partial charge in [0.1, 0.15) is 6.04 Å². The summed E-state index contributed by atoms with van der Waals surface area (Å²) in [5.41, 5.74) is 3.60. The zero-order valence-corrected chi connectivity index (χ0v) is 19.3. The molecule has 0 aliphatic carbocycles. The fourth-order valence-corrected chi connectivity index (χ4v) is 3.74. The standard InChI is InChI=1S/C27H23ClN2O4/c1-17-6-8-18(9-7-17)25(31)16-34-27(33)24(30-26(32)19-10-12-21(28)13-11-19)14-20-15-29-23-5-3-2-4-22(20)23/h2-13,15,24,29H,14,16H2,1H3,(H,30,32). The predicted molar refractivity (Wildman–Crippen MR) is 131 cm³/mol. The zero-order valence-electron chi connectivity index (χ0n) is 18.5. The van der Waals surface area contributed by atoms with Crippen LogP contribution in [0.15, 0.2) is 79.0 Å². The summed E-state index contributed by atoms with van der Waals surface area (Å²) in [7, 11) is 0. The second-order valence-corrected chi connectivity index (χ2v) is 8.43. The lowest BCUT2D eigenvalue weighted by atomic mass is 10.0. The molecule has 1 aromatic heterocycles. The molecule has 1 amide bonds. The zero-order chi connectivity index (χ0) is 24.1. The van der Waals surface area contributed by atoms with Gasteiger partial charge in [-0.05, 0) is 42.8 Å². The van der Waals surface area contributed by atoms with Crippen molar-refractivity contribution in [2.75, 3.05) is 6.61 Å². The Morgan fingerprint density at radius 1 is 0.941 bits per heavy atom. The fourth-order valence-electron chi connectivity index (χ4n) is 3.62. The molecular weight excluding hydrogens is 452 g/mol. The molecule has 3 aromatic carbocycles. The van der Waals surface area contributed by atoms with Crippen molar-refractivity contribution in [1.29, 1.82) is 0 Å². The van der Waals surface area contributed by atoms with E-state index in [4.69, 9.17) is 16.3 Å². The van der Waals surface area contributed by atoms with Gasteiger partial charge in [0.25, 0.3) is 5.91 Å². The van der Waals surface area contributed by atoms with Crippen molar-refractivity contribution in [3.8, 4) is 0 Å². The number of hydrogen-bond acceptors (Lipinski definition) is 4. The molecule has 4 rings (SSSR count). The number of hydrogen-bond donors (Lipinski definition) is 2. The van der Waals surface area contributed by atoms with Crippen LogP contribution in [0.4, 0.5) is 0 Å². The van der Waals surface area contributed by atoms with Gasteiger partial charge in [-0.3, -0.25) is 9.59 Å². The first-order valence-electron chi connectivity index (χ1n) is 10.8. The number of benzene rings is 3. The highest BCUT2D eigenvalue weighted by Gasteiger charge is 2.25. The van der Waals surface area contributed by atoms with Crippen LogP contribution in [0.25, 0.3) is 10.9 Å². The molecule has 1 unspecified atom stereocenters. The number of aryl methyl sites for hydroxylation is 1. The van der Waals surface area contributed by atoms with Gasteiger partial charge in [0, 0.05) is 39.7 Å². The second-order valence-electron chi connectivity index (χ2n) is 7.99. The van der Waals surface area contributed by atoms with Crippen LogP contribution in [0.2, 0.25) is 5.02 Å². The summed E-state index contributed by atoms with van der Waals surface area (Å²) in [5, 5.41) is 4.19. The molecule has 0 saturated heterocycles. The van der Waals surface area contributed by atoms with Crippen LogP contribution in [0.1, 0.15) is 31.8 Å². The highest BCUT2D eigenvalue weighted by Crippen LogP contribution is 2.20. The Hall–Kier alpha value is -3.90. The lowest BCUT2D eigenvalue weighted by Crippen LogP contribution is -2.43. The number of carbonyl (C=O) groups is 3. The van der Waals surface area contributed by atoms with Gasteiger partial charge in [0.2, 0.25) is 0 Å². The maximum atomic E-state index is 13.0. The number of ether oxygens (including phenoxy) is 1. The van der Waals surface area contributed by atoms with E-state index in [-0.39, 0.29) is 12.2 Å². The number of carbonyl (C=O) groups excluding carboxylic acids is 3. The molecule has 1 atom stereocenters. The Bertz CT molecular complexity index is 1330. The number of fused-ring (bicyclic) bond motifs is 1. The van der Waals surface area contributed by atoms with Crippen molar-refractivity contribution in [2.24, 2.45) is 0 Å². The fraction of sp³-hybridized carbons (Fsp3) is 0.148. The normalized spacial score (nSPS) is 11.7. The smallest absolute Gasteiger partial charge is 0.329 e. The van der Waals surface area contributed by atoms with Gasteiger partial charge in [-0.15, -0.1) is 0 Å². The Morgan fingerprint density at radius 2 is 1.62 bits per heavy atom. The number of ketones is 1. The lowest BCUT2D eigenvalue weighted by Gasteiger charge is -2.18. The molecule has 0 saturated carbocycles. The third kappa shape index (κ3) is 5.53. The summed E-state index contributed by atoms with van der Waals surface area (Å²) in [6.45, 7) is 1.51. The van der Waals surface area contributed by atoms with E-state index in [2.05, 4.69) is 10.3 Å². The number of aromatic nitrogens is 1. The topological polar surface area (TPSA) is 88.3 Å². The third-order valence-electron chi connectivity index (χ3n) is 5.51. The van der Waals surface area contributed by atoms with Crippen molar-refractivity contribution < 1.29 is 19.1 Å². The maximum Gasteiger partial charge on any atom is 0.329 e. The van der Waals surface area contributed by atoms with Crippen LogP contribution in [0.3, 0.4) is 0 Å². The molecule has 0 aliphatic rings. The van der Waals surface area contributed by atoms with Gasteiger partial charge in [-0.2, -0.15) is 0 Å². The minimum Gasteiger partial charge on any atom is -0.456 e. The van der Waals surface area contributed by atoms with Crippen LogP contribution in [-0.2, 0) is 16.0 Å². The number of esters is 1.